The first-order chi connectivity index (χ1) is 10.2. The van der Waals surface area contributed by atoms with Gasteiger partial charge >= 0.3 is 0 Å². The Morgan fingerprint density at radius 1 is 1.32 bits per heavy atom. The van der Waals surface area contributed by atoms with Crippen molar-refractivity contribution in [3.63, 3.8) is 0 Å². The molecule has 1 aromatic carbocycles. The highest BCUT2D eigenvalue weighted by Gasteiger charge is 2.25. The Labute approximate surface area is 138 Å². The number of rotatable bonds is 7. The topological polar surface area (TPSA) is 46.3 Å². The van der Waals surface area contributed by atoms with Crippen molar-refractivity contribution in [2.45, 2.75) is 51.0 Å². The molecule has 3 nitrogen and oxygen atoms in total. The van der Waals surface area contributed by atoms with Crippen LogP contribution in [0.15, 0.2) is 24.3 Å². The zero-order valence-corrected chi connectivity index (χ0v) is 13.8. The standard InChI is InChI=1S/C17H25FN2O.ClH/c18-15-6-3-5-14(13-15)10-12-20(16-7-1-2-8-16)17(21)9-4-11-19;/h3,5-6,13,16H,1-2,4,7-12,19H2;1H. The summed E-state index contributed by atoms with van der Waals surface area (Å²) in [5, 5.41) is 0. The molecule has 0 heterocycles. The van der Waals surface area contributed by atoms with Gasteiger partial charge in [-0.3, -0.25) is 4.79 Å². The molecule has 0 spiro atoms. The third kappa shape index (κ3) is 5.58. The van der Waals surface area contributed by atoms with Crippen molar-refractivity contribution in [3.05, 3.63) is 35.6 Å². The summed E-state index contributed by atoms with van der Waals surface area (Å²) >= 11 is 0. The number of nitrogens with zero attached hydrogens (tertiary/aromatic N) is 1. The molecule has 0 unspecified atom stereocenters. The number of carbonyl (C=O) groups is 1. The first kappa shape index (κ1) is 18.9. The lowest BCUT2D eigenvalue weighted by Crippen LogP contribution is -2.40. The SMILES string of the molecule is Cl.NCCCC(=O)N(CCc1cccc(F)c1)C1CCCC1. The fourth-order valence-corrected chi connectivity index (χ4v) is 3.07. The van der Waals surface area contributed by atoms with Gasteiger partial charge in [-0.1, -0.05) is 25.0 Å². The molecule has 1 aromatic rings. The Hall–Kier alpha value is -1.13. The summed E-state index contributed by atoms with van der Waals surface area (Å²) in [5.41, 5.74) is 6.45. The van der Waals surface area contributed by atoms with Crippen molar-refractivity contribution >= 4 is 18.3 Å². The predicted octanol–water partition coefficient (Wildman–Crippen LogP) is 3.30. The van der Waals surface area contributed by atoms with Gasteiger partial charge in [0.25, 0.3) is 0 Å². The van der Waals surface area contributed by atoms with Gasteiger partial charge in [-0.2, -0.15) is 0 Å². The van der Waals surface area contributed by atoms with Crippen molar-refractivity contribution in [1.29, 1.82) is 0 Å². The van der Waals surface area contributed by atoms with E-state index in [2.05, 4.69) is 0 Å². The van der Waals surface area contributed by atoms with E-state index in [1.54, 1.807) is 12.1 Å². The number of hydrogen-bond acceptors (Lipinski definition) is 2. The maximum absolute atomic E-state index is 13.2. The van der Waals surface area contributed by atoms with Crippen molar-refractivity contribution in [1.82, 2.24) is 4.90 Å². The van der Waals surface area contributed by atoms with E-state index in [0.717, 1.165) is 24.8 Å². The van der Waals surface area contributed by atoms with E-state index < -0.39 is 0 Å². The van der Waals surface area contributed by atoms with Crippen LogP contribution in [0.3, 0.4) is 0 Å². The zero-order valence-electron chi connectivity index (χ0n) is 13.0. The molecule has 2 rings (SSSR count). The molecule has 0 aromatic heterocycles. The van der Waals surface area contributed by atoms with Crippen LogP contribution in [-0.2, 0) is 11.2 Å². The lowest BCUT2D eigenvalue weighted by atomic mass is 10.1. The van der Waals surface area contributed by atoms with Crippen LogP contribution >= 0.6 is 12.4 Å². The summed E-state index contributed by atoms with van der Waals surface area (Å²) in [6.45, 7) is 1.23. The number of benzene rings is 1. The van der Waals surface area contributed by atoms with Crippen LogP contribution in [-0.4, -0.2) is 29.9 Å². The average molecular weight is 329 g/mol. The van der Waals surface area contributed by atoms with Gasteiger partial charge in [0.05, 0.1) is 0 Å². The molecule has 124 valence electrons. The van der Waals surface area contributed by atoms with E-state index in [0.29, 0.717) is 32.0 Å². The smallest absolute Gasteiger partial charge is 0.222 e. The van der Waals surface area contributed by atoms with Crippen LogP contribution in [0.4, 0.5) is 4.39 Å². The normalized spacial score (nSPS) is 14.6. The Bertz CT molecular complexity index is 464. The number of nitrogens with two attached hydrogens (primary N) is 1. The van der Waals surface area contributed by atoms with E-state index in [4.69, 9.17) is 5.73 Å². The molecular formula is C17H26ClFN2O. The van der Waals surface area contributed by atoms with Crippen LogP contribution in [0.25, 0.3) is 0 Å². The third-order valence-electron chi connectivity index (χ3n) is 4.21. The highest BCUT2D eigenvalue weighted by molar-refractivity contribution is 5.85. The van der Waals surface area contributed by atoms with Crippen LogP contribution in [0.5, 0.6) is 0 Å². The fraction of sp³-hybridized carbons (Fsp3) is 0.588. The van der Waals surface area contributed by atoms with Gasteiger partial charge in [-0.05, 0) is 49.9 Å². The van der Waals surface area contributed by atoms with Crippen LogP contribution in [0.2, 0.25) is 0 Å². The van der Waals surface area contributed by atoms with Gasteiger partial charge in [-0.15, -0.1) is 12.4 Å². The Kier molecular flexibility index (Phi) is 8.43. The van der Waals surface area contributed by atoms with E-state index in [-0.39, 0.29) is 24.1 Å². The van der Waals surface area contributed by atoms with Crippen LogP contribution in [0, 0.1) is 5.82 Å². The van der Waals surface area contributed by atoms with Crippen molar-refractivity contribution < 1.29 is 9.18 Å². The van der Waals surface area contributed by atoms with Gasteiger partial charge in [0, 0.05) is 19.0 Å². The molecule has 0 bridgehead atoms. The van der Waals surface area contributed by atoms with E-state index in [9.17, 15) is 9.18 Å². The molecule has 0 atom stereocenters. The molecule has 0 aliphatic heterocycles. The summed E-state index contributed by atoms with van der Waals surface area (Å²) < 4.78 is 13.2. The summed E-state index contributed by atoms with van der Waals surface area (Å²) in [4.78, 5) is 14.4. The van der Waals surface area contributed by atoms with Gasteiger partial charge in [-0.25, -0.2) is 4.39 Å². The van der Waals surface area contributed by atoms with E-state index >= 15 is 0 Å². The molecule has 1 amide bonds. The van der Waals surface area contributed by atoms with Crippen molar-refractivity contribution in [2.24, 2.45) is 5.73 Å². The molecule has 1 fully saturated rings. The van der Waals surface area contributed by atoms with Crippen molar-refractivity contribution in [3.8, 4) is 0 Å². The summed E-state index contributed by atoms with van der Waals surface area (Å²) in [6, 6.07) is 7.01. The second-order valence-electron chi connectivity index (χ2n) is 5.80. The summed E-state index contributed by atoms with van der Waals surface area (Å²) in [5.74, 6) is -0.0156. The number of halogens is 2. The van der Waals surface area contributed by atoms with E-state index in [1.807, 2.05) is 11.0 Å². The van der Waals surface area contributed by atoms with E-state index in [1.165, 1.54) is 18.9 Å². The molecule has 0 saturated heterocycles. The van der Waals surface area contributed by atoms with Gasteiger partial charge in [0.1, 0.15) is 5.82 Å². The van der Waals surface area contributed by atoms with Crippen LogP contribution in [0.1, 0.15) is 44.1 Å². The minimum Gasteiger partial charge on any atom is -0.339 e. The maximum Gasteiger partial charge on any atom is 0.222 e. The summed E-state index contributed by atoms with van der Waals surface area (Å²) in [6.07, 6.45) is 6.56. The lowest BCUT2D eigenvalue weighted by molar-refractivity contribution is -0.133. The Morgan fingerprint density at radius 3 is 2.68 bits per heavy atom. The highest BCUT2D eigenvalue weighted by atomic mass is 35.5. The number of carbonyl (C=O) groups excluding carboxylic acids is 1. The maximum atomic E-state index is 13.2. The van der Waals surface area contributed by atoms with Crippen LogP contribution < -0.4 is 5.73 Å². The second-order valence-corrected chi connectivity index (χ2v) is 5.80. The Morgan fingerprint density at radius 2 is 2.05 bits per heavy atom. The molecule has 1 aliphatic carbocycles. The third-order valence-corrected chi connectivity index (χ3v) is 4.21. The van der Waals surface area contributed by atoms with Crippen molar-refractivity contribution in [2.75, 3.05) is 13.1 Å². The first-order valence-corrected chi connectivity index (χ1v) is 7.94. The fourth-order valence-electron chi connectivity index (χ4n) is 3.07. The predicted molar refractivity (Wildman–Crippen MR) is 89.6 cm³/mol. The van der Waals surface area contributed by atoms with Gasteiger partial charge < -0.3 is 10.6 Å². The quantitative estimate of drug-likeness (QED) is 0.834. The molecule has 0 radical (unpaired) electrons. The minimum atomic E-state index is -0.214. The largest absolute Gasteiger partial charge is 0.339 e. The van der Waals surface area contributed by atoms with Gasteiger partial charge in [0.15, 0.2) is 0 Å². The Balaban J connectivity index is 0.00000242. The van der Waals surface area contributed by atoms with Gasteiger partial charge in [0.2, 0.25) is 5.91 Å². The second kappa shape index (κ2) is 9.80. The molecule has 5 heteroatoms. The molecule has 22 heavy (non-hydrogen) atoms. The summed E-state index contributed by atoms with van der Waals surface area (Å²) in [7, 11) is 0. The monoisotopic (exact) mass is 328 g/mol. The highest BCUT2D eigenvalue weighted by Crippen LogP contribution is 2.24. The molecule has 2 N–H and O–H groups in total. The number of amides is 1. The molecule has 1 aliphatic rings. The molecule has 1 saturated carbocycles. The minimum absolute atomic E-state index is 0. The zero-order chi connectivity index (χ0) is 15.1. The molecular weight excluding hydrogens is 303 g/mol. The number of hydrogen-bond donors (Lipinski definition) is 1. The first-order valence-electron chi connectivity index (χ1n) is 7.94. The lowest BCUT2D eigenvalue weighted by Gasteiger charge is -2.29. The average Bonchev–Trinajstić information content (AvgIpc) is 2.99.